The quantitative estimate of drug-likeness (QED) is 0.179. The minimum Gasteiger partial charge on any atom is -0.497 e. The van der Waals surface area contributed by atoms with Gasteiger partial charge in [-0.05, 0) is 44.7 Å². The van der Waals surface area contributed by atoms with Crippen molar-refractivity contribution in [2.24, 2.45) is 11.3 Å². The number of pyridine rings is 1. The summed E-state index contributed by atoms with van der Waals surface area (Å²) in [6, 6.07) is 4.85. The van der Waals surface area contributed by atoms with Crippen LogP contribution < -0.4 is 25.4 Å². The van der Waals surface area contributed by atoms with Crippen molar-refractivity contribution in [1.29, 1.82) is 0 Å². The summed E-state index contributed by atoms with van der Waals surface area (Å²) in [5.41, 5.74) is -1.44. The van der Waals surface area contributed by atoms with Crippen LogP contribution in [0, 0.1) is 11.3 Å². The van der Waals surface area contributed by atoms with Crippen molar-refractivity contribution in [3.05, 3.63) is 42.3 Å². The molecule has 0 spiro atoms. The molecule has 5 rings (SSSR count). The maximum absolute atomic E-state index is 14.6. The number of alkyl carbamates (subject to hydrolysis) is 1. The van der Waals surface area contributed by atoms with E-state index >= 15 is 0 Å². The van der Waals surface area contributed by atoms with Crippen molar-refractivity contribution in [3.63, 3.8) is 0 Å². The Kier molecular flexibility index (Phi) is 11.3. The summed E-state index contributed by atoms with van der Waals surface area (Å²) in [6.45, 7) is 15.7. The van der Waals surface area contributed by atoms with Crippen LogP contribution in [-0.2, 0) is 28.7 Å². The number of thiazole rings is 1. The van der Waals surface area contributed by atoms with Crippen molar-refractivity contribution >= 4 is 57.2 Å². The largest absolute Gasteiger partial charge is 0.497 e. The molecule has 2 unspecified atom stereocenters. The third kappa shape index (κ3) is 8.75. The molecule has 1 aromatic carbocycles. The minimum absolute atomic E-state index is 0.0334. The lowest BCUT2D eigenvalue weighted by Crippen LogP contribution is -2.59. The molecular weight excluding hydrogens is 717 g/mol. The molecule has 5 atom stereocenters. The number of ether oxygens (including phenoxy) is 4. The average molecular weight is 765 g/mol. The van der Waals surface area contributed by atoms with Gasteiger partial charge in [-0.2, -0.15) is 0 Å². The summed E-state index contributed by atoms with van der Waals surface area (Å²) < 4.78 is 22.6. The van der Waals surface area contributed by atoms with Crippen molar-refractivity contribution in [1.82, 2.24) is 25.5 Å². The van der Waals surface area contributed by atoms with E-state index < -0.39 is 58.6 Å². The minimum atomic E-state index is -1.31. The number of carbonyl (C=O) groups excluding carboxylic acids is 5. The number of anilines is 1. The summed E-state index contributed by atoms with van der Waals surface area (Å²) >= 11 is 1.24. The van der Waals surface area contributed by atoms with E-state index in [0.29, 0.717) is 45.3 Å². The van der Waals surface area contributed by atoms with Crippen LogP contribution in [0.4, 0.5) is 9.93 Å². The fourth-order valence-electron chi connectivity index (χ4n) is 6.41. The van der Waals surface area contributed by atoms with Crippen LogP contribution in [0.3, 0.4) is 0 Å². The third-order valence-corrected chi connectivity index (χ3v) is 9.90. The molecule has 0 radical (unpaired) electrons. The first-order valence-electron chi connectivity index (χ1n) is 17.5. The van der Waals surface area contributed by atoms with Gasteiger partial charge in [-0.3, -0.25) is 14.4 Å². The Morgan fingerprint density at radius 2 is 1.78 bits per heavy atom. The van der Waals surface area contributed by atoms with E-state index in [1.165, 1.54) is 30.3 Å². The van der Waals surface area contributed by atoms with E-state index in [4.69, 9.17) is 23.9 Å². The number of amides is 4. The monoisotopic (exact) mass is 764 g/mol. The van der Waals surface area contributed by atoms with Gasteiger partial charge in [0.15, 0.2) is 5.13 Å². The summed E-state index contributed by atoms with van der Waals surface area (Å²) in [6.07, 6.45) is 0.436. The number of esters is 1. The highest BCUT2D eigenvalue weighted by Crippen LogP contribution is 2.46. The van der Waals surface area contributed by atoms with Gasteiger partial charge < -0.3 is 39.8 Å². The molecular formula is C38H48N6O9S. The maximum atomic E-state index is 14.6. The molecule has 2 aromatic heterocycles. The van der Waals surface area contributed by atoms with E-state index in [0.717, 1.165) is 0 Å². The van der Waals surface area contributed by atoms with Gasteiger partial charge in [0.1, 0.15) is 46.5 Å². The zero-order chi connectivity index (χ0) is 39.7. The van der Waals surface area contributed by atoms with Crippen LogP contribution in [0.15, 0.2) is 42.3 Å². The van der Waals surface area contributed by atoms with Gasteiger partial charge in [0, 0.05) is 42.2 Å². The Morgan fingerprint density at radius 1 is 1.06 bits per heavy atom. The van der Waals surface area contributed by atoms with Crippen LogP contribution in [0.5, 0.6) is 11.5 Å². The molecule has 54 heavy (non-hydrogen) atoms. The Morgan fingerprint density at radius 3 is 2.37 bits per heavy atom. The van der Waals surface area contributed by atoms with E-state index in [1.54, 1.807) is 84.4 Å². The molecule has 1 saturated heterocycles. The topological polar surface area (TPSA) is 187 Å². The molecule has 4 amide bonds. The number of hydrogen-bond donors (Lipinski definition) is 3. The number of hydrogen-bond acceptors (Lipinski definition) is 12. The van der Waals surface area contributed by atoms with Gasteiger partial charge in [0.2, 0.25) is 17.7 Å². The van der Waals surface area contributed by atoms with Gasteiger partial charge >= 0.3 is 12.1 Å². The van der Waals surface area contributed by atoms with Crippen molar-refractivity contribution in [3.8, 4) is 22.9 Å². The fourth-order valence-corrected chi connectivity index (χ4v) is 7.16. The first-order valence-corrected chi connectivity index (χ1v) is 18.4. The molecule has 3 heterocycles. The molecule has 3 N–H and O–H groups in total. The molecule has 1 saturated carbocycles. The van der Waals surface area contributed by atoms with E-state index in [9.17, 15) is 24.0 Å². The fraction of sp³-hybridized carbons (Fsp3) is 0.500. The molecule has 0 bridgehead atoms. The predicted octanol–water partition coefficient (Wildman–Crippen LogP) is 4.85. The van der Waals surface area contributed by atoms with Crippen molar-refractivity contribution in [2.75, 3.05) is 26.1 Å². The highest BCUT2D eigenvalue weighted by molar-refractivity contribution is 7.14. The number of benzene rings is 1. The Hall–Kier alpha value is -5.25. The zero-order valence-electron chi connectivity index (χ0n) is 32.0. The van der Waals surface area contributed by atoms with E-state index in [2.05, 4.69) is 27.5 Å². The second-order valence-corrected chi connectivity index (χ2v) is 16.4. The third-order valence-electron chi connectivity index (χ3n) is 9.14. The van der Waals surface area contributed by atoms with Gasteiger partial charge in [-0.15, -0.1) is 17.9 Å². The number of nitrogens with one attached hydrogen (secondary N) is 3. The Bertz CT molecular complexity index is 1970. The highest BCUT2D eigenvalue weighted by Gasteiger charge is 2.62. The Labute approximate surface area is 318 Å². The number of nitrogens with zero attached hydrogens (tertiary/aromatic N) is 3. The van der Waals surface area contributed by atoms with Crippen molar-refractivity contribution in [2.45, 2.75) is 90.6 Å². The first-order chi connectivity index (χ1) is 25.3. The second kappa shape index (κ2) is 15.2. The van der Waals surface area contributed by atoms with Gasteiger partial charge in [0.25, 0.3) is 0 Å². The molecule has 1 aliphatic carbocycles. The molecule has 3 aromatic rings. The van der Waals surface area contributed by atoms with Gasteiger partial charge in [-0.25, -0.2) is 19.6 Å². The highest BCUT2D eigenvalue weighted by atomic mass is 32.1. The molecule has 1 aliphatic heterocycles. The molecule has 290 valence electrons. The molecule has 16 heteroatoms. The Balaban J connectivity index is 1.52. The van der Waals surface area contributed by atoms with Crippen LogP contribution >= 0.6 is 11.3 Å². The van der Waals surface area contributed by atoms with Crippen LogP contribution in [0.1, 0.15) is 61.3 Å². The number of rotatable bonds is 11. The molecule has 2 fully saturated rings. The lowest BCUT2D eigenvalue weighted by atomic mass is 9.85. The average Bonchev–Trinajstić information content (AvgIpc) is 3.36. The lowest BCUT2D eigenvalue weighted by Gasteiger charge is -2.36. The zero-order valence-corrected chi connectivity index (χ0v) is 32.8. The standard InChI is InChI=1S/C38H48N6O9S/c1-11-21-17-38(21,33(48)51-10)43-31(46)28-15-23(18-44(28)32(47)30(36(3,4)5)42-35(49)53-37(6,7)8)52-29-16-26(27-19-54-34(41-27)39-20(2)45)40-25-14-22(50-9)12-13-24(25)29/h11-14,16,19,21,23,28,30H,1,15,17-18H2,2-10H3,(H,42,49)(H,43,46)(H,39,41,45)/t21-,23?,28?,30+,38+/m0/s1. The first kappa shape index (κ1) is 39.9. The van der Waals surface area contributed by atoms with E-state index in [-0.39, 0.29) is 24.8 Å². The SMILES string of the molecule is C=C[C@H]1C[C@]1(NC(=O)C1CC(Oc2cc(-c3csc(NC(C)=O)n3)nc3cc(OC)ccc23)CN1C(=O)[C@@H](NC(=O)OC(C)(C)C)C(C)(C)C)C(=O)OC. The summed E-state index contributed by atoms with van der Waals surface area (Å²) in [7, 11) is 2.79. The lowest BCUT2D eigenvalue weighted by molar-refractivity contribution is -0.148. The number of carbonyl (C=O) groups is 5. The van der Waals surface area contributed by atoms with Crippen LogP contribution in [0.25, 0.3) is 22.3 Å². The maximum Gasteiger partial charge on any atom is 0.408 e. The number of fused-ring (bicyclic) bond motifs is 1. The molecule has 15 nitrogen and oxygen atoms in total. The smallest absolute Gasteiger partial charge is 0.408 e. The second-order valence-electron chi connectivity index (χ2n) is 15.5. The van der Waals surface area contributed by atoms with Gasteiger partial charge in [-0.1, -0.05) is 26.8 Å². The van der Waals surface area contributed by atoms with Crippen molar-refractivity contribution < 1.29 is 42.9 Å². The van der Waals surface area contributed by atoms with Gasteiger partial charge in [0.05, 0.1) is 32.0 Å². The van der Waals surface area contributed by atoms with E-state index in [1.807, 2.05) is 0 Å². The number of aromatic nitrogens is 2. The normalized spacial score (nSPS) is 21.4. The van der Waals surface area contributed by atoms with Crippen LogP contribution in [-0.4, -0.2) is 94.7 Å². The number of likely N-dealkylation sites (tertiary alicyclic amines) is 1. The predicted molar refractivity (Wildman–Crippen MR) is 202 cm³/mol. The summed E-state index contributed by atoms with van der Waals surface area (Å²) in [4.78, 5) is 77.0. The van der Waals surface area contributed by atoms with Crippen LogP contribution in [0.2, 0.25) is 0 Å². The number of methoxy groups -OCH3 is 2. The summed E-state index contributed by atoms with van der Waals surface area (Å²) in [5.74, 6) is -1.36. The summed E-state index contributed by atoms with van der Waals surface area (Å²) in [5, 5.41) is 11.1. The molecule has 2 aliphatic rings.